The fourth-order valence-corrected chi connectivity index (χ4v) is 4.49. The summed E-state index contributed by atoms with van der Waals surface area (Å²) in [5.41, 5.74) is 2.32. The lowest BCUT2D eigenvalue weighted by molar-refractivity contribution is -0.116. The molecule has 6 heteroatoms. The minimum absolute atomic E-state index is 0.00870. The van der Waals surface area contributed by atoms with Gasteiger partial charge in [-0.15, -0.1) is 11.8 Å². The predicted octanol–water partition coefficient (Wildman–Crippen LogP) is 5.47. The zero-order chi connectivity index (χ0) is 20.4. The van der Waals surface area contributed by atoms with Crippen LogP contribution in [-0.2, 0) is 4.79 Å². The molecule has 0 spiro atoms. The highest BCUT2D eigenvalue weighted by Gasteiger charge is 2.29. The molecule has 148 valence electrons. The third-order valence-electron chi connectivity index (χ3n) is 5.01. The van der Waals surface area contributed by atoms with Crippen molar-refractivity contribution in [1.82, 2.24) is 0 Å². The van der Waals surface area contributed by atoms with Crippen molar-refractivity contribution < 1.29 is 14.0 Å². The van der Waals surface area contributed by atoms with Crippen molar-refractivity contribution in [1.29, 1.82) is 0 Å². The third-order valence-corrected chi connectivity index (χ3v) is 6.10. The number of thioether (sulfide) groups is 1. The molecule has 3 aromatic carbocycles. The van der Waals surface area contributed by atoms with Gasteiger partial charge in [-0.05, 0) is 61.6 Å². The van der Waals surface area contributed by atoms with E-state index in [0.29, 0.717) is 18.5 Å². The molecular weight excluding hydrogens is 387 g/mol. The number of carbonyl (C=O) groups is 2. The maximum Gasteiger partial charge on any atom is 0.258 e. The smallest absolute Gasteiger partial charge is 0.258 e. The van der Waals surface area contributed by atoms with Crippen molar-refractivity contribution in [2.75, 3.05) is 22.5 Å². The topological polar surface area (TPSA) is 49.4 Å². The van der Waals surface area contributed by atoms with E-state index in [4.69, 9.17) is 0 Å². The van der Waals surface area contributed by atoms with Crippen LogP contribution in [0.15, 0.2) is 59.5 Å². The molecule has 0 fully saturated rings. The lowest BCUT2D eigenvalue weighted by Crippen LogP contribution is -2.25. The molecule has 2 amide bonds. The second-order valence-electron chi connectivity index (χ2n) is 6.86. The maximum absolute atomic E-state index is 12.9. The summed E-state index contributed by atoms with van der Waals surface area (Å²) in [7, 11) is 0. The summed E-state index contributed by atoms with van der Waals surface area (Å²) in [6, 6.07) is 15.8. The molecule has 1 N–H and O–H groups in total. The Kier molecular flexibility index (Phi) is 5.53. The van der Waals surface area contributed by atoms with Crippen LogP contribution in [0.2, 0.25) is 0 Å². The van der Waals surface area contributed by atoms with E-state index in [1.807, 2.05) is 37.3 Å². The molecular formula is C23H21FN2O2S. The third kappa shape index (κ3) is 3.85. The van der Waals surface area contributed by atoms with Crippen LogP contribution in [0.3, 0.4) is 0 Å². The van der Waals surface area contributed by atoms with Gasteiger partial charge < -0.3 is 10.2 Å². The van der Waals surface area contributed by atoms with Crippen LogP contribution in [0.4, 0.5) is 15.8 Å². The highest BCUT2D eigenvalue weighted by Crippen LogP contribution is 2.40. The van der Waals surface area contributed by atoms with Crippen molar-refractivity contribution in [3.05, 3.63) is 66.0 Å². The number of amides is 2. The van der Waals surface area contributed by atoms with E-state index < -0.39 is 0 Å². The molecule has 0 bridgehead atoms. The van der Waals surface area contributed by atoms with Crippen molar-refractivity contribution >= 4 is 45.7 Å². The van der Waals surface area contributed by atoms with Crippen molar-refractivity contribution in [3.63, 3.8) is 0 Å². The molecule has 0 saturated carbocycles. The number of anilines is 2. The molecule has 0 atom stereocenters. The van der Waals surface area contributed by atoms with Gasteiger partial charge in [0.05, 0.1) is 5.69 Å². The highest BCUT2D eigenvalue weighted by atomic mass is 32.2. The number of rotatable bonds is 7. The fraction of sp³-hybridized carbons (Fsp3) is 0.217. The molecule has 3 aromatic rings. The minimum Gasteiger partial charge on any atom is -0.326 e. The zero-order valence-corrected chi connectivity index (χ0v) is 16.9. The van der Waals surface area contributed by atoms with Gasteiger partial charge in [0.25, 0.3) is 5.91 Å². The van der Waals surface area contributed by atoms with Crippen molar-refractivity contribution in [3.8, 4) is 0 Å². The predicted molar refractivity (Wildman–Crippen MR) is 116 cm³/mol. The molecule has 4 nitrogen and oxygen atoms in total. The van der Waals surface area contributed by atoms with E-state index in [1.165, 1.54) is 12.1 Å². The summed E-state index contributed by atoms with van der Waals surface area (Å²) in [5.74, 6) is 0.488. The largest absolute Gasteiger partial charge is 0.326 e. The molecule has 29 heavy (non-hydrogen) atoms. The van der Waals surface area contributed by atoms with E-state index in [2.05, 4.69) is 5.32 Å². The van der Waals surface area contributed by atoms with Gasteiger partial charge in [-0.3, -0.25) is 9.59 Å². The first-order valence-electron chi connectivity index (χ1n) is 9.64. The molecule has 0 saturated heterocycles. The minimum atomic E-state index is -0.247. The summed E-state index contributed by atoms with van der Waals surface area (Å²) in [6.07, 6.45) is 1.12. The van der Waals surface area contributed by atoms with Gasteiger partial charge >= 0.3 is 0 Å². The Hall–Kier alpha value is -2.86. The Bertz CT molecular complexity index is 1080. The van der Waals surface area contributed by atoms with E-state index in [-0.39, 0.29) is 17.6 Å². The second-order valence-corrected chi connectivity index (χ2v) is 8.03. The van der Waals surface area contributed by atoms with Crippen molar-refractivity contribution in [2.24, 2.45) is 0 Å². The summed E-state index contributed by atoms with van der Waals surface area (Å²) in [4.78, 5) is 27.8. The van der Waals surface area contributed by atoms with E-state index >= 15 is 0 Å². The highest BCUT2D eigenvalue weighted by molar-refractivity contribution is 7.99. The zero-order valence-electron chi connectivity index (χ0n) is 16.1. The first-order chi connectivity index (χ1) is 14.1. The van der Waals surface area contributed by atoms with Crippen LogP contribution in [0.5, 0.6) is 0 Å². The Labute approximate surface area is 173 Å². The molecule has 0 aliphatic carbocycles. The number of nitrogens with zero attached hydrogens (tertiary/aromatic N) is 1. The van der Waals surface area contributed by atoms with Crippen LogP contribution in [0.25, 0.3) is 10.8 Å². The van der Waals surface area contributed by atoms with E-state index in [0.717, 1.165) is 39.2 Å². The van der Waals surface area contributed by atoms with Crippen LogP contribution >= 0.6 is 11.8 Å². The van der Waals surface area contributed by atoms with Gasteiger partial charge in [-0.25, -0.2) is 4.39 Å². The number of benzene rings is 3. The Morgan fingerprint density at radius 2 is 1.90 bits per heavy atom. The SMILES string of the molecule is CCN1C(=O)c2cccc3c(NC(=O)CCCSc4ccc(F)cc4)ccc1c23. The number of halogens is 1. The summed E-state index contributed by atoms with van der Waals surface area (Å²) in [5, 5.41) is 4.79. The van der Waals surface area contributed by atoms with Gasteiger partial charge in [0.2, 0.25) is 5.91 Å². The molecule has 0 unspecified atom stereocenters. The van der Waals surface area contributed by atoms with Gasteiger partial charge in [-0.2, -0.15) is 0 Å². The molecule has 1 aliphatic rings. The van der Waals surface area contributed by atoms with Crippen LogP contribution in [-0.4, -0.2) is 24.1 Å². The fourth-order valence-electron chi connectivity index (χ4n) is 3.64. The van der Waals surface area contributed by atoms with Crippen molar-refractivity contribution in [2.45, 2.75) is 24.7 Å². The van der Waals surface area contributed by atoms with Crippen LogP contribution in [0.1, 0.15) is 30.1 Å². The first kappa shape index (κ1) is 19.5. The Balaban J connectivity index is 1.41. The maximum atomic E-state index is 12.9. The van der Waals surface area contributed by atoms with Crippen LogP contribution in [0, 0.1) is 5.82 Å². The molecule has 0 aromatic heterocycles. The summed E-state index contributed by atoms with van der Waals surface area (Å²) >= 11 is 1.61. The average molecular weight is 408 g/mol. The summed E-state index contributed by atoms with van der Waals surface area (Å²) in [6.45, 7) is 2.56. The molecule has 4 rings (SSSR count). The lowest BCUT2D eigenvalue weighted by Gasteiger charge is -2.15. The van der Waals surface area contributed by atoms with Gasteiger partial charge in [0.1, 0.15) is 5.82 Å². The standard InChI is InChI=1S/C23H21FN2O2S/c1-2-26-20-13-12-19(17-5-3-6-18(22(17)20)23(26)28)25-21(27)7-4-14-29-16-10-8-15(24)9-11-16/h3,5-6,8-13H,2,4,7,14H2,1H3,(H,25,27). The van der Waals surface area contributed by atoms with E-state index in [9.17, 15) is 14.0 Å². The van der Waals surface area contributed by atoms with Gasteiger partial charge in [0.15, 0.2) is 0 Å². The number of hydrogen-bond acceptors (Lipinski definition) is 3. The van der Waals surface area contributed by atoms with E-state index in [1.54, 1.807) is 28.8 Å². The normalized spacial score (nSPS) is 12.6. The number of carbonyl (C=O) groups excluding carboxylic acids is 2. The second kappa shape index (κ2) is 8.25. The Morgan fingerprint density at radius 1 is 1.10 bits per heavy atom. The molecule has 1 aliphatic heterocycles. The number of hydrogen-bond donors (Lipinski definition) is 1. The summed E-state index contributed by atoms with van der Waals surface area (Å²) < 4.78 is 12.9. The lowest BCUT2D eigenvalue weighted by atomic mass is 10.0. The number of nitrogens with one attached hydrogen (secondary N) is 1. The monoisotopic (exact) mass is 408 g/mol. The molecule has 1 heterocycles. The average Bonchev–Trinajstić information content (AvgIpc) is 3.01. The Morgan fingerprint density at radius 3 is 2.66 bits per heavy atom. The van der Waals surface area contributed by atoms with Gasteiger partial charge in [0, 0.05) is 39.9 Å². The molecule has 0 radical (unpaired) electrons. The quantitative estimate of drug-likeness (QED) is 0.417. The van der Waals surface area contributed by atoms with Crippen LogP contribution < -0.4 is 10.2 Å². The first-order valence-corrected chi connectivity index (χ1v) is 10.6. The van der Waals surface area contributed by atoms with Gasteiger partial charge in [-0.1, -0.05) is 12.1 Å².